The Morgan fingerprint density at radius 2 is 2.04 bits per heavy atom. The number of amides is 1. The molecule has 1 aliphatic heterocycles. The molecule has 0 aliphatic carbocycles. The van der Waals surface area contributed by atoms with Gasteiger partial charge in [0.25, 0.3) is 0 Å². The van der Waals surface area contributed by atoms with E-state index in [9.17, 15) is 4.79 Å². The van der Waals surface area contributed by atoms with Crippen molar-refractivity contribution in [1.29, 1.82) is 0 Å². The standard InChI is InChI=1S/C20H25N5OS/c1-24-8-10-25(11-9-24)18(19-7-4-12-27-19)14-21-20(26)13-17-15-5-2-3-6-16(15)22-23-17/h2-7,12,18H,8-11,13-14H2,1H3,(H,21,26)(H,22,23). The van der Waals surface area contributed by atoms with Crippen LogP contribution in [0.3, 0.4) is 0 Å². The quantitative estimate of drug-likeness (QED) is 0.685. The third-order valence-electron chi connectivity index (χ3n) is 5.22. The molecule has 3 aromatic rings. The van der Waals surface area contributed by atoms with Gasteiger partial charge in [0.15, 0.2) is 0 Å². The van der Waals surface area contributed by atoms with E-state index in [0.29, 0.717) is 13.0 Å². The van der Waals surface area contributed by atoms with Crippen molar-refractivity contribution in [3.63, 3.8) is 0 Å². The number of nitrogens with zero attached hydrogens (tertiary/aromatic N) is 3. The minimum atomic E-state index is 0.0279. The molecule has 1 atom stereocenters. The Kier molecular flexibility index (Phi) is 5.52. The first-order valence-corrected chi connectivity index (χ1v) is 10.2. The highest BCUT2D eigenvalue weighted by molar-refractivity contribution is 7.10. The number of H-pyrrole nitrogens is 1. The van der Waals surface area contributed by atoms with Gasteiger partial charge in [0.1, 0.15) is 0 Å². The first kappa shape index (κ1) is 18.2. The van der Waals surface area contributed by atoms with Crippen molar-refractivity contribution in [1.82, 2.24) is 25.3 Å². The molecule has 3 heterocycles. The van der Waals surface area contributed by atoms with Gasteiger partial charge in [-0.2, -0.15) is 5.10 Å². The summed E-state index contributed by atoms with van der Waals surface area (Å²) in [6.07, 6.45) is 0.320. The molecule has 6 nitrogen and oxygen atoms in total. The molecule has 1 aromatic carbocycles. The van der Waals surface area contributed by atoms with Crippen molar-refractivity contribution >= 4 is 28.1 Å². The number of aromatic nitrogens is 2. The zero-order valence-corrected chi connectivity index (χ0v) is 16.3. The van der Waals surface area contributed by atoms with Gasteiger partial charge in [0.05, 0.1) is 23.7 Å². The minimum absolute atomic E-state index is 0.0279. The molecule has 2 aromatic heterocycles. The summed E-state index contributed by atoms with van der Waals surface area (Å²) in [6, 6.07) is 12.4. The molecular formula is C20H25N5OS. The summed E-state index contributed by atoms with van der Waals surface area (Å²) in [5.41, 5.74) is 1.77. The maximum Gasteiger partial charge on any atom is 0.226 e. The monoisotopic (exact) mass is 383 g/mol. The molecule has 0 spiro atoms. The maximum absolute atomic E-state index is 12.6. The van der Waals surface area contributed by atoms with Crippen LogP contribution in [0.15, 0.2) is 41.8 Å². The van der Waals surface area contributed by atoms with Gasteiger partial charge in [-0.25, -0.2) is 0 Å². The van der Waals surface area contributed by atoms with Crippen LogP contribution in [0.4, 0.5) is 0 Å². The van der Waals surface area contributed by atoms with Crippen LogP contribution in [0, 0.1) is 0 Å². The fourth-order valence-electron chi connectivity index (χ4n) is 3.61. The van der Waals surface area contributed by atoms with Crippen LogP contribution >= 0.6 is 11.3 Å². The number of para-hydroxylation sites is 1. The first-order chi connectivity index (χ1) is 13.2. The molecule has 2 N–H and O–H groups in total. The summed E-state index contributed by atoms with van der Waals surface area (Å²) in [4.78, 5) is 18.7. The van der Waals surface area contributed by atoms with Crippen LogP contribution in [-0.2, 0) is 11.2 Å². The number of carbonyl (C=O) groups excluding carboxylic acids is 1. The van der Waals surface area contributed by atoms with E-state index < -0.39 is 0 Å². The Morgan fingerprint density at radius 1 is 1.22 bits per heavy atom. The highest BCUT2D eigenvalue weighted by Crippen LogP contribution is 2.25. The molecule has 4 rings (SSSR count). The number of nitrogens with one attached hydrogen (secondary N) is 2. The van der Waals surface area contributed by atoms with Gasteiger partial charge in [0, 0.05) is 43.0 Å². The van der Waals surface area contributed by atoms with Crippen LogP contribution in [-0.4, -0.2) is 65.7 Å². The van der Waals surface area contributed by atoms with Gasteiger partial charge in [0.2, 0.25) is 5.91 Å². The number of carbonyl (C=O) groups is 1. The molecule has 1 amide bonds. The first-order valence-electron chi connectivity index (χ1n) is 9.35. The van der Waals surface area contributed by atoms with Crippen LogP contribution < -0.4 is 5.32 Å². The summed E-state index contributed by atoms with van der Waals surface area (Å²) in [5.74, 6) is 0.0279. The third kappa shape index (κ3) is 4.21. The lowest BCUT2D eigenvalue weighted by molar-refractivity contribution is -0.120. The fraction of sp³-hybridized carbons (Fsp3) is 0.400. The van der Waals surface area contributed by atoms with E-state index in [1.54, 1.807) is 11.3 Å². The average molecular weight is 384 g/mol. The predicted octanol–water partition coefficient (Wildman–Crippen LogP) is 2.27. The van der Waals surface area contributed by atoms with Crippen molar-refractivity contribution in [2.45, 2.75) is 12.5 Å². The van der Waals surface area contributed by atoms with E-state index in [1.165, 1.54) is 4.88 Å². The molecule has 1 unspecified atom stereocenters. The largest absolute Gasteiger partial charge is 0.354 e. The van der Waals surface area contributed by atoms with Gasteiger partial charge in [-0.05, 0) is 24.6 Å². The lowest BCUT2D eigenvalue weighted by Gasteiger charge is -2.37. The van der Waals surface area contributed by atoms with Crippen molar-refractivity contribution in [3.05, 3.63) is 52.3 Å². The van der Waals surface area contributed by atoms with E-state index >= 15 is 0 Å². The lowest BCUT2D eigenvalue weighted by atomic mass is 10.1. The van der Waals surface area contributed by atoms with Crippen LogP contribution in [0.25, 0.3) is 10.9 Å². The fourth-order valence-corrected chi connectivity index (χ4v) is 4.47. The lowest BCUT2D eigenvalue weighted by Crippen LogP contribution is -2.48. The minimum Gasteiger partial charge on any atom is -0.354 e. The number of aromatic amines is 1. The number of fused-ring (bicyclic) bond motifs is 1. The molecule has 0 saturated carbocycles. The molecule has 1 aliphatic rings. The molecule has 0 radical (unpaired) electrons. The summed E-state index contributed by atoms with van der Waals surface area (Å²) in [7, 11) is 2.16. The number of likely N-dealkylation sites (N-methyl/N-ethyl adjacent to an activating group) is 1. The highest BCUT2D eigenvalue weighted by Gasteiger charge is 2.25. The molecule has 1 fully saturated rings. The highest BCUT2D eigenvalue weighted by atomic mass is 32.1. The topological polar surface area (TPSA) is 64.3 Å². The Labute approximate surface area is 163 Å². The summed E-state index contributed by atoms with van der Waals surface area (Å²) in [5, 5.41) is 13.5. The zero-order chi connectivity index (χ0) is 18.6. The number of piperazine rings is 1. The molecule has 1 saturated heterocycles. The molecule has 142 valence electrons. The number of thiophene rings is 1. The van der Waals surface area contributed by atoms with E-state index in [2.05, 4.69) is 49.9 Å². The molecule has 7 heteroatoms. The molecule has 0 bridgehead atoms. The second-order valence-electron chi connectivity index (χ2n) is 7.07. The van der Waals surface area contributed by atoms with Crippen molar-refractivity contribution in [3.8, 4) is 0 Å². The number of hydrogen-bond donors (Lipinski definition) is 2. The van der Waals surface area contributed by atoms with Crippen LogP contribution in [0.2, 0.25) is 0 Å². The SMILES string of the molecule is CN1CCN(C(CNC(=O)Cc2[nH]nc3ccccc23)c2cccs2)CC1. The van der Waals surface area contributed by atoms with E-state index in [0.717, 1.165) is 42.8 Å². The Hall–Kier alpha value is -2.22. The maximum atomic E-state index is 12.6. The zero-order valence-electron chi connectivity index (χ0n) is 15.5. The molecule has 27 heavy (non-hydrogen) atoms. The number of rotatable bonds is 6. The third-order valence-corrected chi connectivity index (χ3v) is 6.19. The number of hydrogen-bond acceptors (Lipinski definition) is 5. The van der Waals surface area contributed by atoms with Gasteiger partial charge >= 0.3 is 0 Å². The van der Waals surface area contributed by atoms with Gasteiger partial charge in [-0.1, -0.05) is 24.3 Å². The second kappa shape index (κ2) is 8.21. The normalized spacial score (nSPS) is 17.2. The molecular weight excluding hydrogens is 358 g/mol. The van der Waals surface area contributed by atoms with E-state index in [-0.39, 0.29) is 11.9 Å². The Morgan fingerprint density at radius 3 is 2.81 bits per heavy atom. The average Bonchev–Trinajstić information content (AvgIpc) is 3.34. The summed E-state index contributed by atoms with van der Waals surface area (Å²) in [6.45, 7) is 4.82. The van der Waals surface area contributed by atoms with Crippen LogP contribution in [0.1, 0.15) is 16.6 Å². The van der Waals surface area contributed by atoms with Gasteiger partial charge in [-0.3, -0.25) is 14.8 Å². The van der Waals surface area contributed by atoms with Gasteiger partial charge in [-0.15, -0.1) is 11.3 Å². The Balaban J connectivity index is 1.40. The van der Waals surface area contributed by atoms with E-state index in [4.69, 9.17) is 0 Å². The summed E-state index contributed by atoms with van der Waals surface area (Å²) < 4.78 is 0. The van der Waals surface area contributed by atoms with Crippen molar-refractivity contribution in [2.75, 3.05) is 39.8 Å². The van der Waals surface area contributed by atoms with E-state index in [1.807, 2.05) is 24.3 Å². The Bertz CT molecular complexity index is 883. The van der Waals surface area contributed by atoms with Crippen LogP contribution in [0.5, 0.6) is 0 Å². The predicted molar refractivity (Wildman–Crippen MR) is 109 cm³/mol. The van der Waals surface area contributed by atoms with Crippen molar-refractivity contribution in [2.24, 2.45) is 0 Å². The summed E-state index contributed by atoms with van der Waals surface area (Å²) >= 11 is 1.76. The smallest absolute Gasteiger partial charge is 0.226 e. The van der Waals surface area contributed by atoms with Gasteiger partial charge < -0.3 is 10.2 Å². The number of benzene rings is 1. The van der Waals surface area contributed by atoms with Crippen molar-refractivity contribution < 1.29 is 4.79 Å². The second-order valence-corrected chi connectivity index (χ2v) is 8.05.